The van der Waals surface area contributed by atoms with Crippen molar-refractivity contribution in [1.82, 2.24) is 4.90 Å². The van der Waals surface area contributed by atoms with Crippen molar-refractivity contribution >= 4 is 41.0 Å². The van der Waals surface area contributed by atoms with Crippen molar-refractivity contribution < 1.29 is 29.3 Å². The Hall–Kier alpha value is -2.35. The van der Waals surface area contributed by atoms with Crippen LogP contribution in [0.25, 0.3) is 0 Å². The number of carboxylic acids is 2. The number of rotatable bonds is 6. The Morgan fingerprint density at radius 1 is 1.19 bits per heavy atom. The monoisotopic (exact) mass is 481 g/mol. The van der Waals surface area contributed by atoms with Crippen molar-refractivity contribution in [1.29, 1.82) is 0 Å². The molecule has 32 heavy (non-hydrogen) atoms. The van der Waals surface area contributed by atoms with Crippen LogP contribution >= 0.6 is 23.2 Å². The zero-order valence-corrected chi connectivity index (χ0v) is 19.4. The highest BCUT2D eigenvalue weighted by atomic mass is 35.5. The molecule has 9 heteroatoms. The molecule has 0 spiro atoms. The normalized spacial score (nSPS) is 23.4. The Balaban J connectivity index is 2.08. The fourth-order valence-electron chi connectivity index (χ4n) is 4.44. The Morgan fingerprint density at radius 2 is 1.84 bits per heavy atom. The zero-order valence-electron chi connectivity index (χ0n) is 17.9. The van der Waals surface area contributed by atoms with Gasteiger partial charge in [-0.1, -0.05) is 42.3 Å². The molecule has 1 fully saturated rings. The van der Waals surface area contributed by atoms with Crippen LogP contribution in [-0.4, -0.2) is 59.3 Å². The lowest BCUT2D eigenvalue weighted by molar-refractivity contribution is -0.149. The second-order valence-corrected chi connectivity index (χ2v) is 8.77. The van der Waals surface area contributed by atoms with E-state index in [0.717, 1.165) is 0 Å². The van der Waals surface area contributed by atoms with Crippen LogP contribution in [0.3, 0.4) is 0 Å². The number of amides is 1. The fraction of sp³-hybridized carbons (Fsp3) is 0.435. The number of aliphatic carboxylic acids is 2. The number of morpholine rings is 1. The van der Waals surface area contributed by atoms with E-state index in [9.17, 15) is 24.6 Å². The molecule has 1 aliphatic heterocycles. The average molecular weight is 482 g/mol. The van der Waals surface area contributed by atoms with Crippen LogP contribution in [0.15, 0.2) is 35.4 Å². The minimum atomic E-state index is -1.44. The summed E-state index contributed by atoms with van der Waals surface area (Å²) in [5, 5.41) is 20.3. The quantitative estimate of drug-likeness (QED) is 0.634. The molecular formula is C23H25Cl2NO6. The highest BCUT2D eigenvalue weighted by Crippen LogP contribution is 2.46. The molecule has 1 aliphatic carbocycles. The summed E-state index contributed by atoms with van der Waals surface area (Å²) in [4.78, 5) is 39.1. The minimum absolute atomic E-state index is 0.00814. The van der Waals surface area contributed by atoms with Gasteiger partial charge in [0.15, 0.2) is 0 Å². The number of carbonyl (C=O) groups is 3. The Morgan fingerprint density at radius 3 is 2.41 bits per heavy atom. The van der Waals surface area contributed by atoms with Crippen molar-refractivity contribution in [2.75, 3.05) is 26.3 Å². The molecule has 0 radical (unpaired) electrons. The van der Waals surface area contributed by atoms with Gasteiger partial charge >= 0.3 is 11.9 Å². The number of carbonyl (C=O) groups excluding carboxylic acids is 1. The van der Waals surface area contributed by atoms with E-state index in [2.05, 4.69) is 0 Å². The first-order valence-electron chi connectivity index (χ1n) is 10.3. The van der Waals surface area contributed by atoms with E-state index in [4.69, 9.17) is 27.9 Å². The van der Waals surface area contributed by atoms with E-state index in [1.54, 1.807) is 37.0 Å². The molecule has 1 saturated heterocycles. The van der Waals surface area contributed by atoms with Crippen molar-refractivity contribution in [3.63, 3.8) is 0 Å². The van der Waals surface area contributed by atoms with Crippen LogP contribution in [0.2, 0.25) is 10.0 Å². The molecule has 0 bridgehead atoms. The Labute approximate surface area is 196 Å². The van der Waals surface area contributed by atoms with E-state index in [0.29, 0.717) is 37.4 Å². The van der Waals surface area contributed by atoms with Gasteiger partial charge in [-0.3, -0.25) is 9.59 Å². The van der Waals surface area contributed by atoms with Crippen LogP contribution in [0.5, 0.6) is 0 Å². The van der Waals surface area contributed by atoms with Gasteiger partial charge in [0.2, 0.25) is 0 Å². The number of hydrogen-bond acceptors (Lipinski definition) is 4. The zero-order chi connectivity index (χ0) is 23.6. The minimum Gasteiger partial charge on any atom is -0.481 e. The summed E-state index contributed by atoms with van der Waals surface area (Å²) in [6.07, 6.45) is 3.23. The number of nitrogens with zero attached hydrogens (tertiary/aromatic N) is 1. The van der Waals surface area contributed by atoms with Crippen LogP contribution in [0, 0.1) is 11.3 Å². The van der Waals surface area contributed by atoms with Gasteiger partial charge < -0.3 is 19.8 Å². The Bertz CT molecular complexity index is 1010. The molecule has 2 aliphatic rings. The highest BCUT2D eigenvalue weighted by Gasteiger charge is 2.48. The molecule has 1 aromatic carbocycles. The number of ether oxygens (including phenoxy) is 1. The molecule has 0 aromatic heterocycles. The van der Waals surface area contributed by atoms with Gasteiger partial charge in [-0.2, -0.15) is 0 Å². The maximum absolute atomic E-state index is 13.0. The van der Waals surface area contributed by atoms with E-state index in [1.807, 2.05) is 0 Å². The molecule has 0 saturated carbocycles. The van der Waals surface area contributed by atoms with E-state index in [1.165, 1.54) is 6.07 Å². The predicted octanol–water partition coefficient (Wildman–Crippen LogP) is 4.08. The number of carboxylic acid groups (broad SMARTS) is 2. The maximum atomic E-state index is 13.0. The fourth-order valence-corrected chi connectivity index (χ4v) is 5.05. The smallest absolute Gasteiger partial charge is 0.332 e. The Kier molecular flexibility index (Phi) is 7.32. The van der Waals surface area contributed by atoms with Crippen LogP contribution < -0.4 is 0 Å². The first-order valence-corrected chi connectivity index (χ1v) is 11.1. The molecule has 1 amide bonds. The van der Waals surface area contributed by atoms with E-state index < -0.39 is 23.3 Å². The maximum Gasteiger partial charge on any atom is 0.332 e. The van der Waals surface area contributed by atoms with Gasteiger partial charge in [-0.25, -0.2) is 4.79 Å². The van der Waals surface area contributed by atoms with Crippen molar-refractivity contribution in [2.24, 2.45) is 11.3 Å². The third-order valence-corrected chi connectivity index (χ3v) is 7.15. The first-order chi connectivity index (χ1) is 15.1. The second-order valence-electron chi connectivity index (χ2n) is 7.98. The average Bonchev–Trinajstić information content (AvgIpc) is 2.76. The summed E-state index contributed by atoms with van der Waals surface area (Å²) in [5.41, 5.74) is -0.355. The SMILES string of the molecule is CCC1(C(=O)O)C=CC(C)=C(C(=O)O)C1Cc1c(Cl)ccc(C(=O)N2CCOCC2)c1Cl. The second kappa shape index (κ2) is 9.65. The molecule has 3 rings (SSSR count). The summed E-state index contributed by atoms with van der Waals surface area (Å²) in [6, 6.07) is 3.08. The van der Waals surface area contributed by atoms with Crippen LogP contribution in [0.4, 0.5) is 0 Å². The van der Waals surface area contributed by atoms with Gasteiger partial charge in [0.1, 0.15) is 0 Å². The summed E-state index contributed by atoms with van der Waals surface area (Å²) < 4.78 is 5.29. The number of allylic oxidation sites excluding steroid dienone is 2. The van der Waals surface area contributed by atoms with Gasteiger partial charge in [0.05, 0.1) is 29.2 Å². The molecule has 2 N–H and O–H groups in total. The van der Waals surface area contributed by atoms with Crippen molar-refractivity contribution in [3.8, 4) is 0 Å². The van der Waals surface area contributed by atoms with Crippen LogP contribution in [-0.2, 0) is 20.7 Å². The molecule has 1 aromatic rings. The van der Waals surface area contributed by atoms with Crippen molar-refractivity contribution in [3.05, 3.63) is 56.6 Å². The van der Waals surface area contributed by atoms with Crippen LogP contribution in [0.1, 0.15) is 36.2 Å². The lowest BCUT2D eigenvalue weighted by Crippen LogP contribution is -2.42. The topological polar surface area (TPSA) is 104 Å². The lowest BCUT2D eigenvalue weighted by atomic mass is 9.64. The van der Waals surface area contributed by atoms with Gasteiger partial charge in [0.25, 0.3) is 5.91 Å². The number of halogens is 2. The molecular weight excluding hydrogens is 457 g/mol. The number of hydrogen-bond donors (Lipinski definition) is 2. The summed E-state index contributed by atoms with van der Waals surface area (Å²) >= 11 is 13.1. The summed E-state index contributed by atoms with van der Waals surface area (Å²) in [6.45, 7) is 5.07. The molecule has 1 heterocycles. The molecule has 7 nitrogen and oxygen atoms in total. The van der Waals surface area contributed by atoms with Gasteiger partial charge in [0, 0.05) is 29.6 Å². The lowest BCUT2D eigenvalue weighted by Gasteiger charge is -2.38. The standard InChI is InChI=1S/C23H25Cl2NO6/c1-3-23(22(30)31)7-6-13(2)18(21(28)29)16(23)12-15-17(24)5-4-14(19(15)25)20(27)26-8-10-32-11-9-26/h4-7,16H,3,8-12H2,1-2H3,(H,28,29)(H,30,31). The summed E-state index contributed by atoms with van der Waals surface area (Å²) in [7, 11) is 0. The largest absolute Gasteiger partial charge is 0.481 e. The third kappa shape index (κ3) is 4.29. The molecule has 2 unspecified atom stereocenters. The molecule has 2 atom stereocenters. The van der Waals surface area contributed by atoms with Gasteiger partial charge in [-0.15, -0.1) is 0 Å². The molecule has 172 valence electrons. The summed E-state index contributed by atoms with van der Waals surface area (Å²) in [5.74, 6) is -3.51. The number of benzene rings is 1. The van der Waals surface area contributed by atoms with E-state index >= 15 is 0 Å². The van der Waals surface area contributed by atoms with E-state index in [-0.39, 0.29) is 39.9 Å². The third-order valence-electron chi connectivity index (χ3n) is 6.36. The predicted molar refractivity (Wildman–Crippen MR) is 120 cm³/mol. The first kappa shape index (κ1) is 24.3. The van der Waals surface area contributed by atoms with Crippen molar-refractivity contribution in [2.45, 2.75) is 26.7 Å². The van der Waals surface area contributed by atoms with Gasteiger partial charge in [-0.05, 0) is 43.0 Å². The highest BCUT2D eigenvalue weighted by molar-refractivity contribution is 6.38.